The number of carbonyl (C=O) groups is 2. The molecule has 1 atom stereocenters. The Balaban J connectivity index is 1.26. The first-order chi connectivity index (χ1) is 14.1. The molecule has 1 fully saturated rings. The molecule has 29 heavy (non-hydrogen) atoms. The lowest BCUT2D eigenvalue weighted by Crippen LogP contribution is -2.35. The SMILES string of the molecule is CN(Cc1csc(NC(=O)NCc2ccc3nonc3c2)n1)C(=O)[C@H]1CCCO1. The minimum absolute atomic E-state index is 0.0398. The monoisotopic (exact) mass is 416 g/mol. The van der Waals surface area contributed by atoms with E-state index in [0.717, 1.165) is 18.4 Å². The zero-order valence-corrected chi connectivity index (χ0v) is 16.6. The van der Waals surface area contributed by atoms with Crippen LogP contribution in [0, 0.1) is 0 Å². The van der Waals surface area contributed by atoms with E-state index in [1.54, 1.807) is 24.1 Å². The van der Waals surface area contributed by atoms with Gasteiger partial charge >= 0.3 is 6.03 Å². The Morgan fingerprint density at radius 2 is 2.17 bits per heavy atom. The third kappa shape index (κ3) is 4.69. The van der Waals surface area contributed by atoms with Crippen molar-refractivity contribution in [1.82, 2.24) is 25.5 Å². The summed E-state index contributed by atoms with van der Waals surface area (Å²) in [5, 5.41) is 15.3. The fourth-order valence-corrected chi connectivity index (χ4v) is 3.73. The number of amides is 3. The first-order valence-electron chi connectivity index (χ1n) is 9.15. The third-order valence-electron chi connectivity index (χ3n) is 4.52. The normalized spacial score (nSPS) is 16.1. The van der Waals surface area contributed by atoms with E-state index in [0.29, 0.717) is 41.6 Å². The van der Waals surface area contributed by atoms with Crippen LogP contribution in [-0.4, -0.2) is 51.9 Å². The van der Waals surface area contributed by atoms with Gasteiger partial charge in [-0.05, 0) is 40.9 Å². The molecule has 0 radical (unpaired) electrons. The molecule has 2 aromatic heterocycles. The zero-order valence-electron chi connectivity index (χ0n) is 15.8. The van der Waals surface area contributed by atoms with Crippen LogP contribution in [0.25, 0.3) is 11.0 Å². The largest absolute Gasteiger partial charge is 0.368 e. The molecular formula is C18H20N6O4S. The van der Waals surface area contributed by atoms with Gasteiger partial charge in [-0.3, -0.25) is 10.1 Å². The smallest absolute Gasteiger partial charge is 0.321 e. The highest BCUT2D eigenvalue weighted by Crippen LogP contribution is 2.19. The van der Waals surface area contributed by atoms with E-state index in [9.17, 15) is 9.59 Å². The van der Waals surface area contributed by atoms with Crippen molar-refractivity contribution in [1.29, 1.82) is 0 Å². The van der Waals surface area contributed by atoms with Crippen molar-refractivity contribution in [2.75, 3.05) is 19.0 Å². The van der Waals surface area contributed by atoms with Gasteiger partial charge in [0, 0.05) is 25.6 Å². The summed E-state index contributed by atoms with van der Waals surface area (Å²) in [6.45, 7) is 1.32. The van der Waals surface area contributed by atoms with Crippen LogP contribution in [0.15, 0.2) is 28.2 Å². The molecule has 0 saturated carbocycles. The molecule has 0 spiro atoms. The van der Waals surface area contributed by atoms with Gasteiger partial charge in [0.05, 0.1) is 12.2 Å². The van der Waals surface area contributed by atoms with Crippen molar-refractivity contribution >= 4 is 39.4 Å². The number of benzene rings is 1. The molecular weight excluding hydrogens is 396 g/mol. The molecule has 2 N–H and O–H groups in total. The molecule has 0 bridgehead atoms. The van der Waals surface area contributed by atoms with Crippen LogP contribution in [0.5, 0.6) is 0 Å². The highest BCUT2D eigenvalue weighted by Gasteiger charge is 2.26. The Morgan fingerprint density at radius 1 is 1.31 bits per heavy atom. The van der Waals surface area contributed by atoms with Crippen molar-refractivity contribution in [2.24, 2.45) is 0 Å². The summed E-state index contributed by atoms with van der Waals surface area (Å²) in [6.07, 6.45) is 1.31. The fourth-order valence-electron chi connectivity index (χ4n) is 3.04. The van der Waals surface area contributed by atoms with Crippen LogP contribution < -0.4 is 10.6 Å². The number of aromatic nitrogens is 3. The van der Waals surface area contributed by atoms with Crippen molar-refractivity contribution < 1.29 is 19.0 Å². The topological polar surface area (TPSA) is 122 Å². The van der Waals surface area contributed by atoms with E-state index in [4.69, 9.17) is 4.74 Å². The minimum Gasteiger partial charge on any atom is -0.368 e. The molecule has 10 nitrogen and oxygen atoms in total. The van der Waals surface area contributed by atoms with Gasteiger partial charge in [0.1, 0.15) is 17.1 Å². The Hall–Kier alpha value is -3.05. The predicted octanol–water partition coefficient (Wildman–Crippen LogP) is 2.14. The Bertz CT molecular complexity index is 1010. The number of anilines is 1. The first kappa shape index (κ1) is 19.3. The molecule has 152 valence electrons. The van der Waals surface area contributed by atoms with Crippen molar-refractivity contribution in [3.8, 4) is 0 Å². The lowest BCUT2D eigenvalue weighted by molar-refractivity contribution is -0.140. The number of thiazole rings is 1. The van der Waals surface area contributed by atoms with E-state index in [-0.39, 0.29) is 18.0 Å². The number of nitrogens with one attached hydrogen (secondary N) is 2. The van der Waals surface area contributed by atoms with E-state index >= 15 is 0 Å². The Kier molecular flexibility index (Phi) is 5.67. The Labute approximate surface area is 170 Å². The standard InChI is InChI=1S/C18H20N6O4S/c1-24(16(25)15-3-2-6-27-15)9-12-10-29-18(20-12)21-17(26)19-8-11-4-5-13-14(7-11)23-28-22-13/h4-5,7,10,15H,2-3,6,8-9H2,1H3,(H2,19,20,21,26)/t15-/m1/s1. The second kappa shape index (κ2) is 8.53. The second-order valence-corrected chi connectivity index (χ2v) is 7.59. The van der Waals surface area contributed by atoms with Gasteiger partial charge < -0.3 is 15.0 Å². The highest BCUT2D eigenvalue weighted by atomic mass is 32.1. The first-order valence-corrected chi connectivity index (χ1v) is 10.0. The van der Waals surface area contributed by atoms with Gasteiger partial charge in [-0.1, -0.05) is 6.07 Å². The van der Waals surface area contributed by atoms with E-state index in [2.05, 4.69) is 30.6 Å². The van der Waals surface area contributed by atoms with Gasteiger partial charge in [0.15, 0.2) is 5.13 Å². The molecule has 1 aliphatic rings. The molecule has 1 saturated heterocycles. The summed E-state index contributed by atoms with van der Waals surface area (Å²) >= 11 is 1.31. The number of rotatable bonds is 6. The average molecular weight is 416 g/mol. The summed E-state index contributed by atoms with van der Waals surface area (Å²) in [5.41, 5.74) is 2.88. The molecule has 1 aliphatic heterocycles. The highest BCUT2D eigenvalue weighted by molar-refractivity contribution is 7.13. The summed E-state index contributed by atoms with van der Waals surface area (Å²) in [5.74, 6) is -0.0398. The van der Waals surface area contributed by atoms with Gasteiger partial charge in [-0.2, -0.15) is 0 Å². The summed E-state index contributed by atoms with van der Waals surface area (Å²) < 4.78 is 10.1. The number of carbonyl (C=O) groups excluding carboxylic acids is 2. The number of ether oxygens (including phenoxy) is 1. The summed E-state index contributed by atoms with van der Waals surface area (Å²) in [4.78, 5) is 30.4. The van der Waals surface area contributed by atoms with Gasteiger partial charge in [-0.25, -0.2) is 14.4 Å². The van der Waals surface area contributed by atoms with Crippen LogP contribution in [0.2, 0.25) is 0 Å². The summed E-state index contributed by atoms with van der Waals surface area (Å²) in [6, 6.07) is 5.06. The van der Waals surface area contributed by atoms with Crippen LogP contribution in [0.4, 0.5) is 9.93 Å². The van der Waals surface area contributed by atoms with Gasteiger partial charge in [0.2, 0.25) is 0 Å². The third-order valence-corrected chi connectivity index (χ3v) is 5.33. The van der Waals surface area contributed by atoms with Crippen LogP contribution in [-0.2, 0) is 22.6 Å². The lowest BCUT2D eigenvalue weighted by atomic mass is 10.2. The molecule has 4 rings (SSSR count). The number of hydrogen-bond acceptors (Lipinski definition) is 8. The van der Waals surface area contributed by atoms with Crippen LogP contribution >= 0.6 is 11.3 Å². The second-order valence-electron chi connectivity index (χ2n) is 6.73. The maximum absolute atomic E-state index is 12.3. The van der Waals surface area contributed by atoms with Gasteiger partial charge in [-0.15, -0.1) is 11.3 Å². The van der Waals surface area contributed by atoms with Crippen molar-refractivity contribution in [3.05, 3.63) is 34.8 Å². The minimum atomic E-state index is -0.368. The number of likely N-dealkylation sites (N-methyl/N-ethyl adjacent to an activating group) is 1. The van der Waals surface area contributed by atoms with E-state index in [1.165, 1.54) is 11.3 Å². The van der Waals surface area contributed by atoms with Crippen molar-refractivity contribution in [3.63, 3.8) is 0 Å². The molecule has 3 heterocycles. The van der Waals surface area contributed by atoms with Crippen molar-refractivity contribution in [2.45, 2.75) is 32.0 Å². The van der Waals surface area contributed by atoms with Gasteiger partial charge in [0.25, 0.3) is 5.91 Å². The number of nitrogens with zero attached hydrogens (tertiary/aromatic N) is 4. The molecule has 0 unspecified atom stereocenters. The number of urea groups is 1. The predicted molar refractivity (Wildman–Crippen MR) is 105 cm³/mol. The molecule has 3 amide bonds. The molecule has 11 heteroatoms. The quantitative estimate of drug-likeness (QED) is 0.631. The van der Waals surface area contributed by atoms with Crippen LogP contribution in [0.1, 0.15) is 24.1 Å². The average Bonchev–Trinajstić information content (AvgIpc) is 3.47. The fraction of sp³-hybridized carbons (Fsp3) is 0.389. The number of fused-ring (bicyclic) bond motifs is 1. The molecule has 1 aromatic carbocycles. The maximum Gasteiger partial charge on any atom is 0.321 e. The zero-order chi connectivity index (χ0) is 20.2. The van der Waals surface area contributed by atoms with E-state index < -0.39 is 0 Å². The van der Waals surface area contributed by atoms with E-state index in [1.807, 2.05) is 11.4 Å². The maximum atomic E-state index is 12.3. The number of hydrogen-bond donors (Lipinski definition) is 2. The molecule has 0 aliphatic carbocycles. The Morgan fingerprint density at radius 3 is 3.00 bits per heavy atom. The molecule has 3 aromatic rings. The summed E-state index contributed by atoms with van der Waals surface area (Å²) in [7, 11) is 1.73. The van der Waals surface area contributed by atoms with Crippen LogP contribution in [0.3, 0.4) is 0 Å². The lowest BCUT2D eigenvalue weighted by Gasteiger charge is -2.19.